The van der Waals surface area contributed by atoms with Crippen LogP contribution < -0.4 is 11.1 Å². The summed E-state index contributed by atoms with van der Waals surface area (Å²) in [4.78, 5) is 23.4. The smallest absolute Gasteiger partial charge is 0.261 e. The Morgan fingerprint density at radius 1 is 1.32 bits per heavy atom. The molecule has 0 bridgehead atoms. The van der Waals surface area contributed by atoms with Crippen LogP contribution in [0.4, 0.5) is 4.39 Å². The molecule has 7 heteroatoms. The number of nitrogens with two attached hydrogens (primary N) is 1. The van der Waals surface area contributed by atoms with Gasteiger partial charge in [-0.05, 0) is 30.7 Å². The van der Waals surface area contributed by atoms with E-state index in [1.54, 1.807) is 6.92 Å². The van der Waals surface area contributed by atoms with Crippen LogP contribution in [0, 0.1) is 5.82 Å². The molecule has 1 aromatic heterocycles. The largest absolute Gasteiger partial charge is 0.386 e. The molecule has 0 fully saturated rings. The molecule has 2 rings (SSSR count). The van der Waals surface area contributed by atoms with Crippen molar-refractivity contribution in [3.05, 3.63) is 57.5 Å². The summed E-state index contributed by atoms with van der Waals surface area (Å²) in [6.45, 7) is 1.63. The van der Waals surface area contributed by atoms with Gasteiger partial charge >= 0.3 is 0 Å². The third kappa shape index (κ3) is 3.69. The van der Waals surface area contributed by atoms with E-state index in [9.17, 15) is 19.1 Å². The average molecular weight is 322 g/mol. The van der Waals surface area contributed by atoms with Crippen molar-refractivity contribution in [3.8, 4) is 0 Å². The predicted molar refractivity (Wildman–Crippen MR) is 81.1 cm³/mol. The van der Waals surface area contributed by atoms with Crippen molar-refractivity contribution in [2.75, 3.05) is 0 Å². The molecule has 1 aromatic carbocycles. The second kappa shape index (κ2) is 6.67. The van der Waals surface area contributed by atoms with E-state index in [1.165, 1.54) is 35.7 Å². The van der Waals surface area contributed by atoms with Gasteiger partial charge in [0.2, 0.25) is 5.91 Å². The van der Waals surface area contributed by atoms with E-state index in [1.807, 2.05) is 0 Å². The Kier molecular flexibility index (Phi) is 4.89. The number of rotatable bonds is 5. The van der Waals surface area contributed by atoms with Gasteiger partial charge in [0, 0.05) is 5.38 Å². The Morgan fingerprint density at radius 2 is 1.95 bits per heavy atom. The van der Waals surface area contributed by atoms with Gasteiger partial charge < -0.3 is 16.2 Å². The number of halogens is 1. The lowest BCUT2D eigenvalue weighted by Gasteiger charge is -2.20. The van der Waals surface area contributed by atoms with Crippen molar-refractivity contribution >= 4 is 23.2 Å². The van der Waals surface area contributed by atoms with Crippen molar-refractivity contribution in [3.63, 3.8) is 0 Å². The van der Waals surface area contributed by atoms with Crippen LogP contribution >= 0.6 is 11.3 Å². The van der Waals surface area contributed by atoms with Gasteiger partial charge in [-0.1, -0.05) is 12.1 Å². The second-order valence-corrected chi connectivity index (χ2v) is 5.73. The number of aliphatic hydroxyl groups excluding tert-OH is 1. The summed E-state index contributed by atoms with van der Waals surface area (Å²) < 4.78 is 12.9. The summed E-state index contributed by atoms with van der Waals surface area (Å²) in [6.07, 6.45) is -0.972. The minimum Gasteiger partial charge on any atom is -0.386 e. The highest BCUT2D eigenvalue weighted by atomic mass is 32.1. The molecule has 0 aliphatic rings. The first-order valence-electron chi connectivity index (χ1n) is 6.51. The lowest BCUT2D eigenvalue weighted by molar-refractivity contribution is 0.0856. The van der Waals surface area contributed by atoms with Crippen molar-refractivity contribution in [1.82, 2.24) is 5.32 Å². The summed E-state index contributed by atoms with van der Waals surface area (Å²) in [6, 6.07) is 6.21. The van der Waals surface area contributed by atoms with Gasteiger partial charge in [-0.2, -0.15) is 0 Å². The van der Waals surface area contributed by atoms with E-state index in [0.29, 0.717) is 10.4 Å². The summed E-state index contributed by atoms with van der Waals surface area (Å²) in [5.41, 5.74) is 5.89. The average Bonchev–Trinajstić information content (AvgIpc) is 2.97. The number of aliphatic hydroxyl groups is 1. The van der Waals surface area contributed by atoms with Gasteiger partial charge in [0.25, 0.3) is 5.91 Å². The third-order valence-corrected chi connectivity index (χ3v) is 4.08. The monoisotopic (exact) mass is 322 g/mol. The van der Waals surface area contributed by atoms with Crippen LogP contribution in [0.15, 0.2) is 35.7 Å². The van der Waals surface area contributed by atoms with Gasteiger partial charge in [-0.15, -0.1) is 11.3 Å². The van der Waals surface area contributed by atoms with Gasteiger partial charge in [-0.25, -0.2) is 4.39 Å². The normalized spacial score (nSPS) is 13.4. The fourth-order valence-corrected chi connectivity index (χ4v) is 2.69. The second-order valence-electron chi connectivity index (χ2n) is 4.82. The zero-order valence-corrected chi connectivity index (χ0v) is 12.6. The lowest BCUT2D eigenvalue weighted by atomic mass is 10.0. The lowest BCUT2D eigenvalue weighted by Crippen LogP contribution is -2.36. The van der Waals surface area contributed by atoms with E-state index in [4.69, 9.17) is 5.73 Å². The first-order valence-corrected chi connectivity index (χ1v) is 7.39. The standard InChI is InChI=1S/C15H15FN2O3S/c1-8(13(19)9-2-4-11(16)5-3-9)18-15(21)12-6-10(7-22-12)14(17)20/h2-8,13,19H,1H3,(H2,17,20)(H,18,21). The predicted octanol–water partition coefficient (Wildman–Crippen LogP) is 1.84. The van der Waals surface area contributed by atoms with E-state index in [-0.39, 0.29) is 5.56 Å². The topological polar surface area (TPSA) is 92.4 Å². The molecule has 0 saturated carbocycles. The number of nitrogens with one attached hydrogen (secondary N) is 1. The zero-order chi connectivity index (χ0) is 16.3. The summed E-state index contributed by atoms with van der Waals surface area (Å²) in [5.74, 6) is -1.41. The molecule has 0 spiro atoms. The Labute approximate surface area is 130 Å². The van der Waals surface area contributed by atoms with Crippen LogP contribution in [0.1, 0.15) is 38.6 Å². The van der Waals surface area contributed by atoms with Crippen molar-refractivity contribution in [2.45, 2.75) is 19.1 Å². The molecule has 4 N–H and O–H groups in total. The molecule has 2 aromatic rings. The molecular formula is C15H15FN2O3S. The van der Waals surface area contributed by atoms with Crippen LogP contribution in [0.25, 0.3) is 0 Å². The Bertz CT molecular complexity index is 684. The molecule has 2 unspecified atom stereocenters. The maximum atomic E-state index is 12.9. The molecule has 1 heterocycles. The molecule has 2 amide bonds. The number of thiophene rings is 1. The van der Waals surface area contributed by atoms with E-state index in [0.717, 1.165) is 11.3 Å². The number of carbonyl (C=O) groups excluding carboxylic acids is 2. The highest BCUT2D eigenvalue weighted by Crippen LogP contribution is 2.19. The van der Waals surface area contributed by atoms with Gasteiger partial charge in [0.1, 0.15) is 5.82 Å². The minimum atomic E-state index is -0.972. The SMILES string of the molecule is CC(NC(=O)c1cc(C(N)=O)cs1)C(O)c1ccc(F)cc1. The fourth-order valence-electron chi connectivity index (χ4n) is 1.89. The summed E-state index contributed by atoms with van der Waals surface area (Å²) >= 11 is 1.09. The first-order chi connectivity index (χ1) is 10.4. The quantitative estimate of drug-likeness (QED) is 0.784. The highest BCUT2D eigenvalue weighted by Gasteiger charge is 2.20. The number of carbonyl (C=O) groups is 2. The summed E-state index contributed by atoms with van der Waals surface area (Å²) in [7, 11) is 0. The Hall–Kier alpha value is -2.25. The van der Waals surface area contributed by atoms with Crippen LogP contribution in [0.5, 0.6) is 0 Å². The van der Waals surface area contributed by atoms with Crippen LogP contribution in [-0.4, -0.2) is 23.0 Å². The first kappa shape index (κ1) is 16.1. The number of benzene rings is 1. The van der Waals surface area contributed by atoms with Crippen molar-refractivity contribution < 1.29 is 19.1 Å². The highest BCUT2D eigenvalue weighted by molar-refractivity contribution is 7.12. The number of amides is 2. The molecular weight excluding hydrogens is 307 g/mol. The van der Waals surface area contributed by atoms with E-state index >= 15 is 0 Å². The molecule has 0 aliphatic heterocycles. The maximum Gasteiger partial charge on any atom is 0.261 e. The van der Waals surface area contributed by atoms with Crippen molar-refractivity contribution in [2.24, 2.45) is 5.73 Å². The maximum absolute atomic E-state index is 12.9. The molecule has 0 aliphatic carbocycles. The number of primary amides is 1. The van der Waals surface area contributed by atoms with E-state index < -0.39 is 29.8 Å². The Morgan fingerprint density at radius 3 is 2.50 bits per heavy atom. The van der Waals surface area contributed by atoms with Gasteiger partial charge in [0.15, 0.2) is 0 Å². The molecule has 0 radical (unpaired) electrons. The molecule has 116 valence electrons. The molecule has 22 heavy (non-hydrogen) atoms. The third-order valence-electron chi connectivity index (χ3n) is 3.15. The number of hydrogen-bond donors (Lipinski definition) is 3. The van der Waals surface area contributed by atoms with Gasteiger partial charge in [-0.3, -0.25) is 9.59 Å². The fraction of sp³-hybridized carbons (Fsp3) is 0.200. The van der Waals surface area contributed by atoms with E-state index in [2.05, 4.69) is 5.32 Å². The minimum absolute atomic E-state index is 0.266. The Balaban J connectivity index is 2.03. The number of hydrogen-bond acceptors (Lipinski definition) is 4. The van der Waals surface area contributed by atoms with Gasteiger partial charge in [0.05, 0.1) is 22.6 Å². The van der Waals surface area contributed by atoms with Crippen LogP contribution in [0.2, 0.25) is 0 Å². The molecule has 5 nitrogen and oxygen atoms in total. The van der Waals surface area contributed by atoms with Crippen molar-refractivity contribution in [1.29, 1.82) is 0 Å². The molecule has 0 saturated heterocycles. The van der Waals surface area contributed by atoms with Crippen LogP contribution in [0.3, 0.4) is 0 Å². The van der Waals surface area contributed by atoms with Crippen LogP contribution in [-0.2, 0) is 0 Å². The zero-order valence-electron chi connectivity index (χ0n) is 11.7. The summed E-state index contributed by atoms with van der Waals surface area (Å²) in [5, 5.41) is 14.3. The molecule has 2 atom stereocenters.